The Balaban J connectivity index is 1.69. The number of nitrogens with zero attached hydrogens (tertiary/aromatic N) is 2. The van der Waals surface area contributed by atoms with Gasteiger partial charge in [-0.2, -0.15) is 4.31 Å². The minimum Gasteiger partial charge on any atom is -0.490 e. The molecule has 30 heavy (non-hydrogen) atoms. The summed E-state index contributed by atoms with van der Waals surface area (Å²) in [6.45, 7) is 2.04. The molecule has 0 aliphatic carbocycles. The fraction of sp³-hybridized carbons (Fsp3) is 0.409. The normalized spacial score (nSPS) is 16.9. The Kier molecular flexibility index (Phi) is 7.12. The maximum atomic E-state index is 13.0. The van der Waals surface area contributed by atoms with Crippen molar-refractivity contribution in [1.82, 2.24) is 9.21 Å². The van der Waals surface area contributed by atoms with E-state index in [0.29, 0.717) is 11.3 Å². The summed E-state index contributed by atoms with van der Waals surface area (Å²) in [6, 6.07) is 15.1. The molecule has 0 spiro atoms. The lowest BCUT2D eigenvalue weighted by Gasteiger charge is -2.29. The van der Waals surface area contributed by atoms with Crippen LogP contribution in [0.15, 0.2) is 54.6 Å². The van der Waals surface area contributed by atoms with Gasteiger partial charge in [-0.15, -0.1) is 0 Å². The lowest BCUT2D eigenvalue weighted by Crippen LogP contribution is -2.38. The predicted octanol–water partition coefficient (Wildman–Crippen LogP) is 2.73. The molecule has 162 valence electrons. The fourth-order valence-electron chi connectivity index (χ4n) is 3.48. The smallest absolute Gasteiger partial charge is 0.247 e. The Labute approximate surface area is 178 Å². The van der Waals surface area contributed by atoms with Crippen LogP contribution in [-0.2, 0) is 14.8 Å². The van der Waals surface area contributed by atoms with Crippen molar-refractivity contribution in [1.29, 1.82) is 0 Å². The molecule has 1 atom stereocenters. The molecule has 2 aromatic rings. The van der Waals surface area contributed by atoms with Crippen molar-refractivity contribution in [3.05, 3.63) is 60.2 Å². The summed E-state index contributed by atoms with van der Waals surface area (Å²) in [5.41, 5.74) is 1.18. The van der Waals surface area contributed by atoms with Crippen molar-refractivity contribution in [3.8, 4) is 5.75 Å². The van der Waals surface area contributed by atoms with Crippen LogP contribution in [0.1, 0.15) is 24.4 Å². The third-order valence-corrected chi connectivity index (χ3v) is 6.60. The van der Waals surface area contributed by atoms with E-state index in [-0.39, 0.29) is 6.10 Å². The van der Waals surface area contributed by atoms with Crippen LogP contribution in [-0.4, -0.2) is 63.1 Å². The van der Waals surface area contributed by atoms with E-state index in [9.17, 15) is 13.2 Å². The minimum atomic E-state index is -3.57. The zero-order valence-corrected chi connectivity index (χ0v) is 18.4. The number of rotatable bonds is 7. The zero-order valence-electron chi connectivity index (χ0n) is 17.6. The van der Waals surface area contributed by atoms with Crippen LogP contribution >= 0.6 is 0 Å². The quantitative estimate of drug-likeness (QED) is 0.729. The number of carbonyl (C=O) groups is 1. The van der Waals surface area contributed by atoms with E-state index >= 15 is 0 Å². The summed E-state index contributed by atoms with van der Waals surface area (Å²) >= 11 is 0. The van der Waals surface area contributed by atoms with Crippen molar-refractivity contribution in [2.24, 2.45) is 0 Å². The fourth-order valence-corrected chi connectivity index (χ4v) is 4.08. The highest BCUT2D eigenvalue weighted by atomic mass is 32.2. The Morgan fingerprint density at radius 2 is 1.70 bits per heavy atom. The highest BCUT2D eigenvalue weighted by Gasteiger charge is 2.30. The van der Waals surface area contributed by atoms with Crippen molar-refractivity contribution in [2.45, 2.75) is 25.0 Å². The summed E-state index contributed by atoms with van der Waals surface area (Å²) < 4.78 is 31.3. The second-order valence-electron chi connectivity index (χ2n) is 7.73. The first-order chi connectivity index (χ1) is 14.2. The second-order valence-corrected chi connectivity index (χ2v) is 9.77. The highest BCUT2D eigenvalue weighted by Crippen LogP contribution is 2.25. The van der Waals surface area contributed by atoms with Gasteiger partial charge in [-0.1, -0.05) is 30.3 Å². The van der Waals surface area contributed by atoms with Crippen LogP contribution in [0.3, 0.4) is 0 Å². The van der Waals surface area contributed by atoms with E-state index in [1.165, 1.54) is 7.05 Å². The molecule has 0 aromatic heterocycles. The number of piperidine rings is 1. The summed E-state index contributed by atoms with van der Waals surface area (Å²) in [5.74, 6) is 0.341. The number of amides is 1. The van der Waals surface area contributed by atoms with Crippen molar-refractivity contribution < 1.29 is 17.9 Å². The summed E-state index contributed by atoms with van der Waals surface area (Å²) in [7, 11) is -0.0489. The van der Waals surface area contributed by atoms with E-state index in [1.807, 2.05) is 18.2 Å². The molecule has 1 amide bonds. The molecule has 0 bridgehead atoms. The Hall–Kier alpha value is -2.42. The average Bonchev–Trinajstić information content (AvgIpc) is 2.71. The standard InChI is InChI=1S/C22H29N3O4S/c1-24-15-13-20(14-16-24)29-19-11-9-18(10-12-19)23-22(26)21(25(2)30(3,27)28)17-7-5-4-6-8-17/h4-12,20-21H,13-16H2,1-3H3,(H,23,26)/t21-/m0/s1. The number of ether oxygens (including phenoxy) is 1. The molecule has 1 N–H and O–H groups in total. The molecule has 1 fully saturated rings. The van der Waals surface area contributed by atoms with Gasteiger partial charge in [-0.25, -0.2) is 8.42 Å². The molecule has 3 rings (SSSR count). The third kappa shape index (κ3) is 5.81. The Morgan fingerprint density at radius 1 is 1.10 bits per heavy atom. The van der Waals surface area contributed by atoms with Crippen molar-refractivity contribution in [3.63, 3.8) is 0 Å². The van der Waals surface area contributed by atoms with E-state index in [2.05, 4.69) is 17.3 Å². The van der Waals surface area contributed by atoms with E-state index in [1.54, 1.807) is 36.4 Å². The molecule has 0 saturated carbocycles. The van der Waals surface area contributed by atoms with Gasteiger partial charge in [0.15, 0.2) is 0 Å². The molecule has 1 saturated heterocycles. The van der Waals surface area contributed by atoms with Crippen LogP contribution in [0.5, 0.6) is 5.75 Å². The SMILES string of the molecule is CN1CCC(Oc2ccc(NC(=O)[C@H](c3ccccc3)N(C)S(C)(=O)=O)cc2)CC1. The predicted molar refractivity (Wildman–Crippen MR) is 118 cm³/mol. The summed E-state index contributed by atoms with van der Waals surface area (Å²) in [4.78, 5) is 15.3. The van der Waals surface area contributed by atoms with E-state index in [4.69, 9.17) is 4.74 Å². The Bertz CT molecular complexity index is 940. The molecule has 0 radical (unpaired) electrons. The van der Waals surface area contributed by atoms with Crippen LogP contribution in [0.4, 0.5) is 5.69 Å². The van der Waals surface area contributed by atoms with Crippen molar-refractivity contribution >= 4 is 21.6 Å². The number of benzene rings is 2. The summed E-state index contributed by atoms with van der Waals surface area (Å²) in [6.07, 6.45) is 3.27. The minimum absolute atomic E-state index is 0.201. The second kappa shape index (κ2) is 9.59. The number of likely N-dealkylation sites (N-methyl/N-ethyl adjacent to an activating group) is 1. The molecular formula is C22H29N3O4S. The molecule has 7 nitrogen and oxygen atoms in total. The zero-order chi connectivity index (χ0) is 21.7. The van der Waals surface area contributed by atoms with Gasteiger partial charge < -0.3 is 15.0 Å². The van der Waals surface area contributed by atoms with Crippen LogP contribution in [0, 0.1) is 0 Å². The monoisotopic (exact) mass is 431 g/mol. The third-order valence-electron chi connectivity index (χ3n) is 5.34. The first kappa shape index (κ1) is 22.3. The molecular weight excluding hydrogens is 402 g/mol. The number of hydrogen-bond donors (Lipinski definition) is 1. The summed E-state index contributed by atoms with van der Waals surface area (Å²) in [5, 5.41) is 2.82. The molecule has 1 aliphatic rings. The van der Waals surface area contributed by atoms with Gasteiger partial charge in [0.1, 0.15) is 17.9 Å². The first-order valence-electron chi connectivity index (χ1n) is 9.98. The first-order valence-corrected chi connectivity index (χ1v) is 11.8. The highest BCUT2D eigenvalue weighted by molar-refractivity contribution is 7.88. The van der Waals surface area contributed by atoms with E-state index < -0.39 is 22.0 Å². The van der Waals surface area contributed by atoms with Gasteiger partial charge in [0.25, 0.3) is 0 Å². The van der Waals surface area contributed by atoms with Crippen molar-refractivity contribution in [2.75, 3.05) is 38.8 Å². The number of carbonyl (C=O) groups excluding carboxylic acids is 1. The maximum absolute atomic E-state index is 13.0. The largest absolute Gasteiger partial charge is 0.490 e. The number of likely N-dealkylation sites (tertiary alicyclic amines) is 1. The topological polar surface area (TPSA) is 79.0 Å². The van der Waals surface area contributed by atoms with E-state index in [0.717, 1.165) is 42.2 Å². The molecule has 1 heterocycles. The number of hydrogen-bond acceptors (Lipinski definition) is 5. The lowest BCUT2D eigenvalue weighted by atomic mass is 10.1. The lowest BCUT2D eigenvalue weighted by molar-refractivity contribution is -0.119. The maximum Gasteiger partial charge on any atom is 0.247 e. The molecule has 0 unspecified atom stereocenters. The van der Waals surface area contributed by atoms with Gasteiger partial charge in [0.05, 0.1) is 6.26 Å². The molecule has 1 aliphatic heterocycles. The van der Waals surface area contributed by atoms with Gasteiger partial charge in [-0.05, 0) is 49.7 Å². The van der Waals surface area contributed by atoms with Gasteiger partial charge in [0.2, 0.25) is 15.9 Å². The average molecular weight is 432 g/mol. The number of sulfonamides is 1. The van der Waals surface area contributed by atoms with Crippen LogP contribution in [0.2, 0.25) is 0 Å². The number of anilines is 1. The van der Waals surface area contributed by atoms with Gasteiger partial charge in [0, 0.05) is 25.8 Å². The van der Waals surface area contributed by atoms with Crippen LogP contribution in [0.25, 0.3) is 0 Å². The van der Waals surface area contributed by atoms with Gasteiger partial charge >= 0.3 is 0 Å². The molecule has 2 aromatic carbocycles. The van der Waals surface area contributed by atoms with Crippen LogP contribution < -0.4 is 10.1 Å². The number of nitrogens with one attached hydrogen (secondary N) is 1. The Morgan fingerprint density at radius 3 is 2.27 bits per heavy atom. The van der Waals surface area contributed by atoms with Gasteiger partial charge in [-0.3, -0.25) is 4.79 Å². The molecule has 8 heteroatoms.